The average molecular weight is 696 g/mol. The van der Waals surface area contributed by atoms with Crippen molar-refractivity contribution in [3.8, 4) is 0 Å². The van der Waals surface area contributed by atoms with Gasteiger partial charge in [-0.2, -0.15) is 0 Å². The molecule has 6 aliphatic rings. The maximum absolute atomic E-state index is 13.7. The van der Waals surface area contributed by atoms with E-state index in [9.17, 15) is 19.5 Å². The smallest absolute Gasteiger partial charge is 0.335 e. The van der Waals surface area contributed by atoms with Crippen molar-refractivity contribution in [3.63, 3.8) is 0 Å². The van der Waals surface area contributed by atoms with Crippen LogP contribution < -0.4 is 0 Å². The quantitative estimate of drug-likeness (QED) is 0.143. The van der Waals surface area contributed by atoms with Crippen LogP contribution in [0.3, 0.4) is 0 Å². The second-order valence-corrected chi connectivity index (χ2v) is 15.8. The van der Waals surface area contributed by atoms with E-state index in [-0.39, 0.29) is 42.0 Å². The van der Waals surface area contributed by atoms with Crippen molar-refractivity contribution in [3.05, 3.63) is 47.6 Å². The zero-order valence-corrected chi connectivity index (χ0v) is 30.6. The number of carbonyl (C=O) groups excluding carboxylic acids is 3. The number of piperidine rings is 1. The van der Waals surface area contributed by atoms with Crippen molar-refractivity contribution >= 4 is 17.9 Å². The van der Waals surface area contributed by atoms with Gasteiger partial charge in [-0.3, -0.25) is 4.79 Å². The molecule has 3 aliphatic carbocycles. The van der Waals surface area contributed by atoms with Crippen molar-refractivity contribution in [1.29, 1.82) is 0 Å². The van der Waals surface area contributed by atoms with Crippen LogP contribution in [-0.4, -0.2) is 96.9 Å². The van der Waals surface area contributed by atoms with Crippen LogP contribution in [0, 0.1) is 35.5 Å². The summed E-state index contributed by atoms with van der Waals surface area (Å²) in [5.41, 5.74) is 0.521. The van der Waals surface area contributed by atoms with E-state index in [1.165, 1.54) is 20.0 Å². The van der Waals surface area contributed by atoms with Gasteiger partial charge in [0.2, 0.25) is 0 Å². The van der Waals surface area contributed by atoms with Crippen LogP contribution in [0.15, 0.2) is 47.6 Å². The second-order valence-electron chi connectivity index (χ2n) is 15.8. The van der Waals surface area contributed by atoms with E-state index < -0.39 is 54.2 Å². The maximum atomic E-state index is 13.7. The SMILES string of the molecule is CO[C@H]1CC2C=C[C@H]3[C@H]4O[C@]2(/C(C)=C/[C@@H](C)[C@@H]([C@@H](C)OC(=O)CCCCN2CCC(C)CC2)OC1=O)[C@@H]3[C@H](O)[C@@H](C)[C@H]4OC(=O)C1=CC=CC1. The lowest BCUT2D eigenvalue weighted by molar-refractivity contribution is -0.179. The molecule has 3 fully saturated rings. The minimum atomic E-state index is -0.966. The van der Waals surface area contributed by atoms with Gasteiger partial charge in [-0.05, 0) is 83.5 Å². The molecule has 1 N–H and O–H groups in total. The molecule has 0 aromatic rings. The minimum Gasteiger partial charge on any atom is -0.459 e. The summed E-state index contributed by atoms with van der Waals surface area (Å²) in [6.45, 7) is 13.2. The molecule has 0 amide bonds. The molecule has 3 aliphatic heterocycles. The van der Waals surface area contributed by atoms with Crippen LogP contribution in [0.25, 0.3) is 0 Å². The Kier molecular flexibility index (Phi) is 11.4. The number of aliphatic hydroxyl groups is 1. The topological polar surface area (TPSA) is 121 Å². The number of unbranched alkanes of at least 4 members (excludes halogenated alkanes) is 1. The number of rotatable bonds is 10. The summed E-state index contributed by atoms with van der Waals surface area (Å²) in [6.07, 6.45) is 12.6. The minimum absolute atomic E-state index is 0.186. The van der Waals surface area contributed by atoms with E-state index in [1.54, 1.807) is 13.0 Å². The molecule has 1 saturated carbocycles. The molecular weight excluding hydrogens is 638 g/mol. The van der Waals surface area contributed by atoms with E-state index in [4.69, 9.17) is 23.7 Å². The zero-order chi connectivity index (χ0) is 35.7. The number of nitrogens with zero attached hydrogens (tertiary/aromatic N) is 1. The first kappa shape index (κ1) is 37.0. The number of methoxy groups -OCH3 is 1. The number of cyclic esters (lactones) is 1. The molecule has 276 valence electrons. The van der Waals surface area contributed by atoms with Gasteiger partial charge >= 0.3 is 17.9 Å². The van der Waals surface area contributed by atoms with Gasteiger partial charge in [0.25, 0.3) is 0 Å². The first-order valence-electron chi connectivity index (χ1n) is 18.9. The number of aliphatic hydroxyl groups excluding tert-OH is 1. The monoisotopic (exact) mass is 695 g/mol. The standard InChI is InChI=1S/C40H57NO9/c1-23-16-19-41(20-17-23)18-10-9-13-32(42)47-27(5)35-24(2)21-25(3)40-29(22-31(46-6)39(45)48-35)14-15-30-33(40)34(43)26(4)36(37(30)50-40)49-38(44)28-11-7-8-12-28/h7-8,11,14-15,21,23-24,26-27,29-31,33-37,43H,9-10,12-13,16-20,22H2,1-6H3/b25-21+/t24-,26-,27-,29?,30-,31+,33+,34-,35+,36-,37-,40+/m1/s1. The Labute approximate surface area is 297 Å². The van der Waals surface area contributed by atoms with E-state index in [0.29, 0.717) is 18.4 Å². The molecular formula is C40H57NO9. The van der Waals surface area contributed by atoms with Crippen molar-refractivity contribution in [1.82, 2.24) is 4.90 Å². The van der Waals surface area contributed by atoms with E-state index in [2.05, 4.69) is 24.0 Å². The second kappa shape index (κ2) is 15.4. The number of esters is 3. The highest BCUT2D eigenvalue weighted by molar-refractivity contribution is 5.90. The van der Waals surface area contributed by atoms with Gasteiger partial charge in [0.15, 0.2) is 6.10 Å². The molecule has 0 aromatic carbocycles. The van der Waals surface area contributed by atoms with Crippen LogP contribution in [-0.2, 0) is 38.1 Å². The summed E-state index contributed by atoms with van der Waals surface area (Å²) in [6, 6.07) is 0. The summed E-state index contributed by atoms with van der Waals surface area (Å²) < 4.78 is 30.9. The number of hydrogen-bond acceptors (Lipinski definition) is 10. The third-order valence-corrected chi connectivity index (χ3v) is 12.4. The zero-order valence-electron chi connectivity index (χ0n) is 30.6. The van der Waals surface area contributed by atoms with Crippen molar-refractivity contribution in [2.24, 2.45) is 35.5 Å². The first-order chi connectivity index (χ1) is 23.9. The van der Waals surface area contributed by atoms with Gasteiger partial charge in [-0.1, -0.05) is 57.2 Å². The molecule has 3 heterocycles. The summed E-state index contributed by atoms with van der Waals surface area (Å²) in [7, 11) is 1.49. The molecule has 1 spiro atoms. The van der Waals surface area contributed by atoms with Crippen LogP contribution in [0.1, 0.15) is 79.6 Å². The molecule has 1 unspecified atom stereocenters. The first-order valence-corrected chi connectivity index (χ1v) is 18.9. The Morgan fingerprint density at radius 3 is 2.60 bits per heavy atom. The Hall–Kier alpha value is -2.79. The van der Waals surface area contributed by atoms with E-state index in [0.717, 1.165) is 44.0 Å². The summed E-state index contributed by atoms with van der Waals surface area (Å²) in [5.74, 6) is -1.97. The van der Waals surface area contributed by atoms with Crippen molar-refractivity contribution < 1.29 is 43.2 Å². The maximum Gasteiger partial charge on any atom is 0.335 e. The van der Waals surface area contributed by atoms with Gasteiger partial charge in [0, 0.05) is 48.7 Å². The van der Waals surface area contributed by atoms with Crippen LogP contribution in [0.2, 0.25) is 0 Å². The highest BCUT2D eigenvalue weighted by atomic mass is 16.6. The summed E-state index contributed by atoms with van der Waals surface area (Å²) in [4.78, 5) is 42.3. The predicted molar refractivity (Wildman–Crippen MR) is 187 cm³/mol. The molecule has 12 atom stereocenters. The third kappa shape index (κ3) is 7.14. The lowest BCUT2D eigenvalue weighted by Gasteiger charge is -2.49. The Balaban J connectivity index is 1.19. The highest BCUT2D eigenvalue weighted by Crippen LogP contribution is 2.61. The van der Waals surface area contributed by atoms with Crippen LogP contribution in [0.4, 0.5) is 0 Å². The molecule has 50 heavy (non-hydrogen) atoms. The summed E-state index contributed by atoms with van der Waals surface area (Å²) >= 11 is 0. The van der Waals surface area contributed by atoms with Gasteiger partial charge < -0.3 is 33.7 Å². The number of ether oxygens (including phenoxy) is 5. The largest absolute Gasteiger partial charge is 0.459 e. The predicted octanol–water partition coefficient (Wildman–Crippen LogP) is 5.10. The van der Waals surface area contributed by atoms with Crippen LogP contribution in [0.5, 0.6) is 0 Å². The third-order valence-electron chi connectivity index (χ3n) is 12.4. The fourth-order valence-corrected chi connectivity index (χ4v) is 9.51. The van der Waals surface area contributed by atoms with Gasteiger partial charge in [-0.15, -0.1) is 0 Å². The molecule has 4 bridgehead atoms. The fraction of sp³-hybridized carbons (Fsp3) is 0.725. The molecule has 0 aromatic heterocycles. The molecule has 10 heteroatoms. The van der Waals surface area contributed by atoms with Crippen molar-refractivity contribution in [2.75, 3.05) is 26.7 Å². The number of carbonyl (C=O) groups is 3. The average Bonchev–Trinajstić information content (AvgIpc) is 3.70. The lowest BCUT2D eigenvalue weighted by atomic mass is 9.57. The van der Waals surface area contributed by atoms with E-state index >= 15 is 0 Å². The number of allylic oxidation sites excluding steroid dienone is 3. The molecule has 6 rings (SSSR count). The van der Waals surface area contributed by atoms with Gasteiger partial charge in [-0.25, -0.2) is 9.59 Å². The molecule has 0 radical (unpaired) electrons. The fourth-order valence-electron chi connectivity index (χ4n) is 9.51. The van der Waals surface area contributed by atoms with Crippen LogP contribution >= 0.6 is 0 Å². The van der Waals surface area contributed by atoms with Gasteiger partial charge in [0.05, 0.1) is 6.10 Å². The molecule has 10 nitrogen and oxygen atoms in total. The number of hydrogen-bond donors (Lipinski definition) is 1. The summed E-state index contributed by atoms with van der Waals surface area (Å²) in [5, 5.41) is 12.0. The number of likely N-dealkylation sites (tertiary alicyclic amines) is 1. The Morgan fingerprint density at radius 2 is 1.90 bits per heavy atom. The normalized spacial score (nSPS) is 40.3. The van der Waals surface area contributed by atoms with E-state index in [1.807, 2.05) is 39.0 Å². The van der Waals surface area contributed by atoms with Crippen molar-refractivity contribution in [2.45, 2.75) is 122 Å². The Bertz CT molecular complexity index is 1390. The Morgan fingerprint density at radius 1 is 1.14 bits per heavy atom. The lowest BCUT2D eigenvalue weighted by Crippen LogP contribution is -2.57. The highest BCUT2D eigenvalue weighted by Gasteiger charge is 2.69. The molecule has 2 saturated heterocycles. The van der Waals surface area contributed by atoms with Gasteiger partial charge in [0.1, 0.15) is 30.0 Å².